The maximum absolute atomic E-state index is 12.4. The molecule has 4 rings (SSSR count). The third-order valence-corrected chi connectivity index (χ3v) is 6.19. The SMILES string of the molecule is CCOc1ccc(-c2nc(NC(=O)/C=C/c3ccc(OCc4ccc(C)cc4)cc3)sc2C)cc1. The van der Waals surface area contributed by atoms with E-state index >= 15 is 0 Å². The molecule has 1 amide bonds. The maximum Gasteiger partial charge on any atom is 0.250 e. The highest BCUT2D eigenvalue weighted by atomic mass is 32.1. The molecule has 0 atom stereocenters. The largest absolute Gasteiger partial charge is 0.494 e. The van der Waals surface area contributed by atoms with Crippen molar-refractivity contribution in [1.29, 1.82) is 0 Å². The van der Waals surface area contributed by atoms with Crippen molar-refractivity contribution in [3.63, 3.8) is 0 Å². The Labute approximate surface area is 210 Å². The Morgan fingerprint density at radius 2 is 1.57 bits per heavy atom. The fraction of sp³-hybridized carbons (Fsp3) is 0.172. The van der Waals surface area contributed by atoms with Gasteiger partial charge in [0.2, 0.25) is 5.91 Å². The number of aryl methyl sites for hydroxylation is 2. The van der Waals surface area contributed by atoms with Crippen molar-refractivity contribution in [3.8, 4) is 22.8 Å². The Bertz CT molecular complexity index is 1290. The predicted molar refractivity (Wildman–Crippen MR) is 143 cm³/mol. The van der Waals surface area contributed by atoms with E-state index in [2.05, 4.69) is 41.5 Å². The van der Waals surface area contributed by atoms with E-state index in [0.29, 0.717) is 18.3 Å². The summed E-state index contributed by atoms with van der Waals surface area (Å²) >= 11 is 1.46. The van der Waals surface area contributed by atoms with Gasteiger partial charge >= 0.3 is 0 Å². The molecule has 0 saturated carbocycles. The van der Waals surface area contributed by atoms with Gasteiger partial charge in [-0.2, -0.15) is 0 Å². The monoisotopic (exact) mass is 484 g/mol. The lowest BCUT2D eigenvalue weighted by molar-refractivity contribution is -0.111. The molecule has 5 nitrogen and oxygen atoms in total. The second kappa shape index (κ2) is 11.5. The number of hydrogen-bond donors (Lipinski definition) is 1. The van der Waals surface area contributed by atoms with E-state index in [-0.39, 0.29) is 5.91 Å². The van der Waals surface area contributed by atoms with Crippen LogP contribution in [0.25, 0.3) is 17.3 Å². The first-order valence-electron chi connectivity index (χ1n) is 11.5. The molecule has 0 fully saturated rings. The minimum Gasteiger partial charge on any atom is -0.494 e. The van der Waals surface area contributed by atoms with Crippen LogP contribution < -0.4 is 14.8 Å². The lowest BCUT2D eigenvalue weighted by Crippen LogP contribution is -2.07. The molecule has 0 aliphatic carbocycles. The summed E-state index contributed by atoms with van der Waals surface area (Å²) in [5.41, 5.74) is 5.11. The molecular weight excluding hydrogens is 456 g/mol. The Hall–Kier alpha value is -3.90. The molecule has 1 heterocycles. The fourth-order valence-electron chi connectivity index (χ4n) is 3.44. The number of thiazole rings is 1. The molecule has 1 aromatic heterocycles. The van der Waals surface area contributed by atoms with Crippen molar-refractivity contribution in [2.45, 2.75) is 27.4 Å². The third-order valence-electron chi connectivity index (χ3n) is 5.30. The average Bonchev–Trinajstić information content (AvgIpc) is 3.23. The number of nitrogens with zero attached hydrogens (tertiary/aromatic N) is 1. The number of carbonyl (C=O) groups is 1. The van der Waals surface area contributed by atoms with E-state index in [0.717, 1.165) is 38.8 Å². The molecule has 0 spiro atoms. The molecule has 0 bridgehead atoms. The summed E-state index contributed by atoms with van der Waals surface area (Å²) in [6, 6.07) is 23.7. The lowest BCUT2D eigenvalue weighted by Gasteiger charge is -2.07. The highest BCUT2D eigenvalue weighted by Crippen LogP contribution is 2.31. The van der Waals surface area contributed by atoms with E-state index in [9.17, 15) is 4.79 Å². The Morgan fingerprint density at radius 1 is 0.914 bits per heavy atom. The Balaban J connectivity index is 1.32. The predicted octanol–water partition coefficient (Wildman–Crippen LogP) is 7.06. The fourth-order valence-corrected chi connectivity index (χ4v) is 4.28. The van der Waals surface area contributed by atoms with Gasteiger partial charge in [-0.3, -0.25) is 10.1 Å². The number of rotatable bonds is 9. The van der Waals surface area contributed by atoms with Crippen molar-refractivity contribution in [2.75, 3.05) is 11.9 Å². The van der Waals surface area contributed by atoms with Gasteiger partial charge in [-0.1, -0.05) is 42.0 Å². The van der Waals surface area contributed by atoms with Gasteiger partial charge in [0, 0.05) is 16.5 Å². The third kappa shape index (κ3) is 6.80. The van der Waals surface area contributed by atoms with Crippen LogP contribution in [-0.4, -0.2) is 17.5 Å². The number of benzene rings is 3. The molecule has 4 aromatic rings. The van der Waals surface area contributed by atoms with Crippen LogP contribution in [0, 0.1) is 13.8 Å². The summed E-state index contributed by atoms with van der Waals surface area (Å²) in [4.78, 5) is 18.1. The first-order valence-corrected chi connectivity index (χ1v) is 12.3. The zero-order chi connectivity index (χ0) is 24.6. The standard InChI is InChI=1S/C29H28N2O3S/c1-4-33-25-16-12-24(13-17-25)28-21(3)35-29(31-28)30-27(32)18-11-22-9-14-26(15-10-22)34-19-23-7-5-20(2)6-8-23/h5-18H,4,19H2,1-3H3,(H,30,31,32)/b18-11+. The number of hydrogen-bond acceptors (Lipinski definition) is 5. The summed E-state index contributed by atoms with van der Waals surface area (Å²) in [7, 11) is 0. The Morgan fingerprint density at radius 3 is 2.26 bits per heavy atom. The molecule has 1 N–H and O–H groups in total. The maximum atomic E-state index is 12.4. The van der Waals surface area contributed by atoms with E-state index in [1.54, 1.807) is 6.08 Å². The average molecular weight is 485 g/mol. The van der Waals surface area contributed by atoms with E-state index in [1.807, 2.05) is 62.4 Å². The molecule has 0 radical (unpaired) electrons. The van der Waals surface area contributed by atoms with E-state index < -0.39 is 0 Å². The number of carbonyl (C=O) groups excluding carboxylic acids is 1. The van der Waals surface area contributed by atoms with Crippen LogP contribution in [0.4, 0.5) is 5.13 Å². The molecule has 0 aliphatic rings. The molecule has 6 heteroatoms. The van der Waals surface area contributed by atoms with Gasteiger partial charge < -0.3 is 9.47 Å². The molecule has 0 aliphatic heterocycles. The van der Waals surface area contributed by atoms with Crippen molar-refractivity contribution < 1.29 is 14.3 Å². The van der Waals surface area contributed by atoms with Gasteiger partial charge in [0.1, 0.15) is 18.1 Å². The molecule has 0 unspecified atom stereocenters. The highest BCUT2D eigenvalue weighted by Gasteiger charge is 2.11. The van der Waals surface area contributed by atoms with Crippen molar-refractivity contribution in [1.82, 2.24) is 4.98 Å². The number of amides is 1. The van der Waals surface area contributed by atoms with Crippen LogP contribution in [0.15, 0.2) is 78.9 Å². The van der Waals surface area contributed by atoms with Crippen LogP contribution in [0.1, 0.15) is 28.5 Å². The zero-order valence-electron chi connectivity index (χ0n) is 20.1. The number of ether oxygens (including phenoxy) is 2. The number of anilines is 1. The quantitative estimate of drug-likeness (QED) is 0.258. The van der Waals surface area contributed by atoms with Crippen molar-refractivity contribution in [3.05, 3.63) is 100 Å². The summed E-state index contributed by atoms with van der Waals surface area (Å²) in [5.74, 6) is 1.39. The molecule has 178 valence electrons. The zero-order valence-corrected chi connectivity index (χ0v) is 20.9. The molecular formula is C29H28N2O3S. The van der Waals surface area contributed by atoms with Gasteiger partial charge in [-0.15, -0.1) is 11.3 Å². The highest BCUT2D eigenvalue weighted by molar-refractivity contribution is 7.16. The van der Waals surface area contributed by atoms with Crippen LogP contribution >= 0.6 is 11.3 Å². The normalized spacial score (nSPS) is 10.9. The van der Waals surface area contributed by atoms with Gasteiger partial charge in [0.25, 0.3) is 0 Å². The lowest BCUT2D eigenvalue weighted by atomic mass is 10.1. The van der Waals surface area contributed by atoms with Crippen LogP contribution in [-0.2, 0) is 11.4 Å². The first-order chi connectivity index (χ1) is 17.0. The topological polar surface area (TPSA) is 60.5 Å². The van der Waals surface area contributed by atoms with E-state index in [1.165, 1.54) is 23.0 Å². The van der Waals surface area contributed by atoms with Gasteiger partial charge in [-0.05, 0) is 74.4 Å². The van der Waals surface area contributed by atoms with Crippen molar-refractivity contribution in [2.24, 2.45) is 0 Å². The number of aromatic nitrogens is 1. The minimum absolute atomic E-state index is 0.225. The van der Waals surface area contributed by atoms with Crippen molar-refractivity contribution >= 4 is 28.5 Å². The van der Waals surface area contributed by atoms with Gasteiger partial charge in [0.05, 0.1) is 12.3 Å². The van der Waals surface area contributed by atoms with Crippen LogP contribution in [0.2, 0.25) is 0 Å². The molecule has 35 heavy (non-hydrogen) atoms. The summed E-state index contributed by atoms with van der Waals surface area (Å²) < 4.78 is 11.3. The summed E-state index contributed by atoms with van der Waals surface area (Å²) in [6.45, 7) is 7.17. The van der Waals surface area contributed by atoms with Crippen LogP contribution in [0.5, 0.6) is 11.5 Å². The van der Waals surface area contributed by atoms with Crippen LogP contribution in [0.3, 0.4) is 0 Å². The van der Waals surface area contributed by atoms with Gasteiger partial charge in [-0.25, -0.2) is 4.98 Å². The Kier molecular flexibility index (Phi) is 7.95. The van der Waals surface area contributed by atoms with E-state index in [4.69, 9.17) is 9.47 Å². The second-order valence-corrected chi connectivity index (χ2v) is 9.25. The smallest absolute Gasteiger partial charge is 0.250 e. The molecule has 0 saturated heterocycles. The molecule has 3 aromatic carbocycles. The number of nitrogens with one attached hydrogen (secondary N) is 1. The summed E-state index contributed by atoms with van der Waals surface area (Å²) in [5, 5.41) is 3.43. The first kappa shape index (κ1) is 24.2. The second-order valence-electron chi connectivity index (χ2n) is 8.05. The minimum atomic E-state index is -0.225. The van der Waals surface area contributed by atoms with Gasteiger partial charge in [0.15, 0.2) is 5.13 Å². The summed E-state index contributed by atoms with van der Waals surface area (Å²) in [6.07, 6.45) is 3.28.